The first kappa shape index (κ1) is 17.2. The van der Waals surface area contributed by atoms with Crippen LogP contribution in [0.5, 0.6) is 0 Å². The monoisotopic (exact) mass is 356 g/mol. The van der Waals surface area contributed by atoms with Gasteiger partial charge in [-0.15, -0.1) is 0 Å². The van der Waals surface area contributed by atoms with Gasteiger partial charge in [0.1, 0.15) is 11.7 Å². The fourth-order valence-electron chi connectivity index (χ4n) is 3.68. The Labute approximate surface area is 158 Å². The number of hydrogen-bond donors (Lipinski definition) is 0. The van der Waals surface area contributed by atoms with Crippen LogP contribution in [-0.2, 0) is 9.53 Å². The lowest BCUT2D eigenvalue weighted by atomic mass is 9.74. The first-order chi connectivity index (χ1) is 13.0. The summed E-state index contributed by atoms with van der Waals surface area (Å²) in [6, 6.07) is 23.0. The third-order valence-electron chi connectivity index (χ3n) is 5.22. The van der Waals surface area contributed by atoms with Crippen LogP contribution in [0.2, 0.25) is 0 Å². The van der Waals surface area contributed by atoms with E-state index in [-0.39, 0.29) is 5.78 Å². The largest absolute Gasteiger partial charge is 0.430 e. The average molecular weight is 356 g/mol. The van der Waals surface area contributed by atoms with Crippen LogP contribution in [-0.4, -0.2) is 11.8 Å². The van der Waals surface area contributed by atoms with Crippen molar-refractivity contribution in [1.82, 2.24) is 0 Å². The number of hydrogen-bond acceptors (Lipinski definition) is 3. The van der Waals surface area contributed by atoms with E-state index in [2.05, 4.69) is 0 Å². The lowest BCUT2D eigenvalue weighted by Crippen LogP contribution is -2.31. The van der Waals surface area contributed by atoms with Crippen molar-refractivity contribution < 1.29 is 14.3 Å². The van der Waals surface area contributed by atoms with E-state index in [0.29, 0.717) is 11.3 Å². The number of benzene rings is 3. The van der Waals surface area contributed by atoms with Crippen LogP contribution in [0.3, 0.4) is 0 Å². The minimum Gasteiger partial charge on any atom is -0.430 e. The number of ketones is 1. The molecule has 1 aliphatic heterocycles. The fraction of sp³-hybridized carbons (Fsp3) is 0.167. The van der Waals surface area contributed by atoms with Crippen molar-refractivity contribution in [3.63, 3.8) is 0 Å². The lowest BCUT2D eigenvalue weighted by molar-refractivity contribution is -0.137. The zero-order valence-corrected chi connectivity index (χ0v) is 15.3. The summed E-state index contributed by atoms with van der Waals surface area (Å²) in [6.07, 6.45) is 1.84. The highest BCUT2D eigenvalue weighted by Crippen LogP contribution is 2.45. The molecule has 0 amide bonds. The van der Waals surface area contributed by atoms with Gasteiger partial charge in [0.2, 0.25) is 0 Å². The molecule has 0 radical (unpaired) electrons. The number of ether oxygens (including phenoxy) is 1. The van der Waals surface area contributed by atoms with Gasteiger partial charge in [0, 0.05) is 11.0 Å². The Morgan fingerprint density at radius 2 is 1.59 bits per heavy atom. The maximum absolute atomic E-state index is 13.4. The van der Waals surface area contributed by atoms with Gasteiger partial charge in [-0.25, -0.2) is 0 Å². The van der Waals surface area contributed by atoms with E-state index in [1.54, 1.807) is 6.07 Å². The van der Waals surface area contributed by atoms with Gasteiger partial charge >= 0.3 is 5.97 Å². The standard InChI is InChI=1S/C24H20O3/c1-24(2)20(15-16-9-4-3-5-10-16)27-23(26)21(24)22(25)19-14-8-12-17-11-6-7-13-18(17)19/h3-15,21H,1-2H3/b20-15-. The molecule has 0 N–H and O–H groups in total. The molecule has 1 aliphatic rings. The predicted octanol–water partition coefficient (Wildman–Crippen LogP) is 5.26. The highest BCUT2D eigenvalue weighted by molar-refractivity contribution is 6.16. The number of esters is 1. The normalized spacial score (nSPS) is 20.0. The minimum absolute atomic E-state index is 0.196. The second-order valence-corrected chi connectivity index (χ2v) is 7.39. The molecule has 3 nitrogen and oxygen atoms in total. The summed E-state index contributed by atoms with van der Waals surface area (Å²) in [6.45, 7) is 3.78. The van der Waals surface area contributed by atoms with Gasteiger partial charge in [0.25, 0.3) is 0 Å². The lowest BCUT2D eigenvalue weighted by Gasteiger charge is -2.22. The van der Waals surface area contributed by atoms with Crippen LogP contribution in [0.4, 0.5) is 0 Å². The van der Waals surface area contributed by atoms with E-state index < -0.39 is 17.3 Å². The highest BCUT2D eigenvalue weighted by atomic mass is 16.5. The zero-order valence-electron chi connectivity index (χ0n) is 15.3. The van der Waals surface area contributed by atoms with Gasteiger partial charge in [-0.1, -0.05) is 86.6 Å². The molecule has 1 unspecified atom stereocenters. The van der Waals surface area contributed by atoms with Crippen LogP contribution >= 0.6 is 0 Å². The van der Waals surface area contributed by atoms with Crippen LogP contribution in [0.15, 0.2) is 78.6 Å². The molecule has 0 aliphatic carbocycles. The van der Waals surface area contributed by atoms with E-state index in [1.807, 2.05) is 86.7 Å². The van der Waals surface area contributed by atoms with Gasteiger partial charge in [-0.3, -0.25) is 9.59 Å². The van der Waals surface area contributed by atoms with E-state index in [4.69, 9.17) is 4.74 Å². The third kappa shape index (κ3) is 2.95. The maximum Gasteiger partial charge on any atom is 0.322 e. The molecule has 3 heteroatoms. The molecule has 134 valence electrons. The average Bonchev–Trinajstić information content (AvgIpc) is 2.89. The smallest absolute Gasteiger partial charge is 0.322 e. The molecular weight excluding hydrogens is 336 g/mol. The Bertz CT molecular complexity index is 1060. The van der Waals surface area contributed by atoms with Gasteiger partial charge in [-0.2, -0.15) is 0 Å². The molecule has 1 saturated heterocycles. The van der Waals surface area contributed by atoms with E-state index >= 15 is 0 Å². The maximum atomic E-state index is 13.4. The van der Waals surface area contributed by atoms with Crippen molar-refractivity contribution in [2.24, 2.45) is 11.3 Å². The van der Waals surface area contributed by atoms with Crippen molar-refractivity contribution >= 4 is 28.6 Å². The summed E-state index contributed by atoms with van der Waals surface area (Å²) in [7, 11) is 0. The van der Waals surface area contributed by atoms with Gasteiger partial charge < -0.3 is 4.74 Å². The number of Topliss-reactive ketones (excluding diaryl/α,β-unsaturated/α-hetero) is 1. The number of carbonyl (C=O) groups excluding carboxylic acids is 2. The summed E-state index contributed by atoms with van der Waals surface area (Å²) < 4.78 is 5.55. The molecule has 0 aromatic heterocycles. The molecule has 4 rings (SSSR count). The number of rotatable bonds is 3. The first-order valence-electron chi connectivity index (χ1n) is 8.99. The number of cyclic esters (lactones) is 1. The Morgan fingerprint density at radius 1 is 0.926 bits per heavy atom. The molecule has 3 aromatic rings. The third-order valence-corrected chi connectivity index (χ3v) is 5.22. The van der Waals surface area contributed by atoms with Crippen LogP contribution in [0.1, 0.15) is 29.8 Å². The van der Waals surface area contributed by atoms with E-state index in [9.17, 15) is 9.59 Å². The topological polar surface area (TPSA) is 43.4 Å². The fourth-order valence-corrected chi connectivity index (χ4v) is 3.68. The molecule has 1 heterocycles. The van der Waals surface area contributed by atoms with Crippen LogP contribution < -0.4 is 0 Å². The van der Waals surface area contributed by atoms with E-state index in [0.717, 1.165) is 16.3 Å². The molecule has 0 saturated carbocycles. The van der Waals surface area contributed by atoms with Crippen molar-refractivity contribution in [1.29, 1.82) is 0 Å². The van der Waals surface area contributed by atoms with E-state index in [1.165, 1.54) is 0 Å². The summed E-state index contributed by atoms with van der Waals surface area (Å²) in [5.74, 6) is -1.02. The molecule has 27 heavy (non-hydrogen) atoms. The SMILES string of the molecule is CC1(C)/C(=C/c2ccccc2)OC(=O)C1C(=O)c1cccc2ccccc12. The van der Waals surface area contributed by atoms with Crippen molar-refractivity contribution in [3.05, 3.63) is 89.7 Å². The predicted molar refractivity (Wildman–Crippen MR) is 106 cm³/mol. The molecule has 1 atom stereocenters. The molecular formula is C24H20O3. The van der Waals surface area contributed by atoms with Crippen molar-refractivity contribution in [2.75, 3.05) is 0 Å². The quantitative estimate of drug-likeness (QED) is 0.365. The summed E-state index contributed by atoms with van der Waals surface area (Å²) >= 11 is 0. The second kappa shape index (κ2) is 6.51. The molecule has 3 aromatic carbocycles. The molecule has 1 fully saturated rings. The summed E-state index contributed by atoms with van der Waals surface area (Å²) in [5, 5.41) is 1.83. The minimum atomic E-state index is -0.863. The van der Waals surface area contributed by atoms with Gasteiger partial charge in [-0.05, 0) is 22.4 Å². The van der Waals surface area contributed by atoms with Crippen LogP contribution in [0, 0.1) is 11.3 Å². The van der Waals surface area contributed by atoms with Gasteiger partial charge in [0.15, 0.2) is 5.78 Å². The Kier molecular flexibility index (Phi) is 4.15. The summed E-state index contributed by atoms with van der Waals surface area (Å²) in [5.41, 5.74) is 0.775. The number of allylic oxidation sites excluding steroid dienone is 1. The Morgan fingerprint density at radius 3 is 2.37 bits per heavy atom. The Balaban J connectivity index is 1.76. The summed E-state index contributed by atoms with van der Waals surface area (Å²) in [4.78, 5) is 26.0. The Hall–Kier alpha value is -3.20. The number of carbonyl (C=O) groups is 2. The highest BCUT2D eigenvalue weighted by Gasteiger charge is 2.52. The van der Waals surface area contributed by atoms with Crippen LogP contribution in [0.25, 0.3) is 16.8 Å². The van der Waals surface area contributed by atoms with Crippen molar-refractivity contribution in [2.45, 2.75) is 13.8 Å². The first-order valence-corrected chi connectivity index (χ1v) is 8.99. The van der Waals surface area contributed by atoms with Crippen molar-refractivity contribution in [3.8, 4) is 0 Å². The van der Waals surface area contributed by atoms with Gasteiger partial charge in [0.05, 0.1) is 0 Å². The molecule has 0 spiro atoms. The number of fused-ring (bicyclic) bond motifs is 1. The second-order valence-electron chi connectivity index (χ2n) is 7.39. The molecule has 0 bridgehead atoms. The zero-order chi connectivity index (χ0) is 19.0.